The summed E-state index contributed by atoms with van der Waals surface area (Å²) in [5.41, 5.74) is 7.78. The van der Waals surface area contributed by atoms with Crippen LogP contribution in [0, 0.1) is 6.92 Å². The first-order valence-electron chi connectivity index (χ1n) is 5.54. The topological polar surface area (TPSA) is 90.8 Å². The van der Waals surface area contributed by atoms with Gasteiger partial charge in [0.2, 0.25) is 0 Å². The number of nitrogens with one attached hydrogen (secondary N) is 1. The Morgan fingerprint density at radius 2 is 2.11 bits per heavy atom. The summed E-state index contributed by atoms with van der Waals surface area (Å²) in [5, 5.41) is 11.5. The molecule has 1 amide bonds. The Morgan fingerprint density at radius 3 is 2.58 bits per heavy atom. The zero-order valence-electron chi connectivity index (χ0n) is 11.0. The first kappa shape index (κ1) is 15.0. The largest absolute Gasteiger partial charge is 0.364 e. The van der Waals surface area contributed by atoms with Crippen molar-refractivity contribution in [2.24, 2.45) is 19.8 Å². The lowest BCUT2D eigenvalue weighted by Crippen LogP contribution is -2.15. The van der Waals surface area contributed by atoms with Crippen LogP contribution in [0.5, 0.6) is 0 Å². The maximum absolute atomic E-state index is 11.1. The molecule has 0 atom stereocenters. The minimum atomic E-state index is -0.490. The summed E-state index contributed by atoms with van der Waals surface area (Å²) in [4.78, 5) is 11.1. The van der Waals surface area contributed by atoms with Crippen LogP contribution in [0.1, 0.15) is 21.7 Å². The number of nitrogens with zero attached hydrogens (tertiary/aromatic N) is 4. The van der Waals surface area contributed by atoms with Gasteiger partial charge in [0.15, 0.2) is 0 Å². The van der Waals surface area contributed by atoms with Crippen LogP contribution in [0.4, 0.5) is 5.82 Å². The van der Waals surface area contributed by atoms with Crippen LogP contribution < -0.4 is 11.1 Å². The average molecular weight is 285 g/mol. The number of anilines is 1. The molecule has 3 N–H and O–H groups in total. The highest BCUT2D eigenvalue weighted by atomic mass is 35.5. The lowest BCUT2D eigenvalue weighted by atomic mass is 10.2. The van der Waals surface area contributed by atoms with E-state index in [4.69, 9.17) is 5.73 Å². The summed E-state index contributed by atoms with van der Waals surface area (Å²) in [6, 6.07) is 1.63. The molecular weight excluding hydrogens is 268 g/mol. The molecule has 0 fully saturated rings. The molecule has 104 valence electrons. The van der Waals surface area contributed by atoms with E-state index in [1.54, 1.807) is 19.3 Å². The number of carbonyl (C=O) groups excluding carboxylic acids is 1. The molecule has 0 radical (unpaired) electrons. The van der Waals surface area contributed by atoms with Crippen molar-refractivity contribution >= 4 is 24.1 Å². The first-order chi connectivity index (χ1) is 8.49. The van der Waals surface area contributed by atoms with Gasteiger partial charge in [0, 0.05) is 38.0 Å². The third-order valence-electron chi connectivity index (χ3n) is 2.93. The zero-order chi connectivity index (χ0) is 13.3. The fourth-order valence-corrected chi connectivity index (χ4v) is 1.69. The van der Waals surface area contributed by atoms with Crippen LogP contribution in [0.15, 0.2) is 12.3 Å². The number of carbonyl (C=O) groups is 1. The van der Waals surface area contributed by atoms with Crippen LogP contribution >= 0.6 is 12.4 Å². The Labute approximate surface area is 117 Å². The summed E-state index contributed by atoms with van der Waals surface area (Å²) in [6.45, 7) is 2.60. The second-order valence-electron chi connectivity index (χ2n) is 4.14. The van der Waals surface area contributed by atoms with Gasteiger partial charge in [-0.25, -0.2) is 0 Å². The number of nitrogens with two attached hydrogens (primary N) is 1. The predicted molar refractivity (Wildman–Crippen MR) is 74.2 cm³/mol. The number of amides is 1. The number of primary amides is 1. The summed E-state index contributed by atoms with van der Waals surface area (Å²) in [6.07, 6.45) is 1.81. The van der Waals surface area contributed by atoms with E-state index in [1.807, 2.05) is 18.7 Å². The van der Waals surface area contributed by atoms with E-state index in [9.17, 15) is 4.79 Å². The van der Waals surface area contributed by atoms with E-state index in [2.05, 4.69) is 15.5 Å². The summed E-state index contributed by atoms with van der Waals surface area (Å²) in [7, 11) is 3.57. The van der Waals surface area contributed by atoms with Gasteiger partial charge in [-0.15, -0.1) is 12.4 Å². The lowest BCUT2D eigenvalue weighted by molar-refractivity contribution is 0.0991. The molecule has 0 aliphatic carbocycles. The van der Waals surface area contributed by atoms with Gasteiger partial charge in [-0.05, 0) is 6.92 Å². The molecule has 0 unspecified atom stereocenters. The second kappa shape index (κ2) is 5.75. The van der Waals surface area contributed by atoms with Gasteiger partial charge >= 0.3 is 0 Å². The molecule has 19 heavy (non-hydrogen) atoms. The van der Waals surface area contributed by atoms with Crippen molar-refractivity contribution in [3.05, 3.63) is 29.2 Å². The fraction of sp³-hybridized carbons (Fsp3) is 0.364. The average Bonchev–Trinajstić information content (AvgIpc) is 2.82. The number of hydrogen-bond acceptors (Lipinski definition) is 4. The van der Waals surface area contributed by atoms with Gasteiger partial charge in [0.1, 0.15) is 11.5 Å². The first-order valence-corrected chi connectivity index (χ1v) is 5.54. The van der Waals surface area contributed by atoms with Crippen molar-refractivity contribution in [2.75, 3.05) is 5.32 Å². The Bertz CT molecular complexity index is 588. The van der Waals surface area contributed by atoms with Crippen molar-refractivity contribution in [1.29, 1.82) is 0 Å². The molecule has 2 aromatic rings. The minimum Gasteiger partial charge on any atom is -0.364 e. The quantitative estimate of drug-likeness (QED) is 0.860. The normalized spacial score (nSPS) is 10.1. The lowest BCUT2D eigenvalue weighted by Gasteiger charge is -2.02. The van der Waals surface area contributed by atoms with Crippen LogP contribution in [0.2, 0.25) is 0 Å². The maximum atomic E-state index is 11.1. The van der Waals surface area contributed by atoms with Crippen molar-refractivity contribution in [1.82, 2.24) is 19.6 Å². The minimum absolute atomic E-state index is 0. The van der Waals surface area contributed by atoms with Crippen LogP contribution in [-0.2, 0) is 20.6 Å². The second-order valence-corrected chi connectivity index (χ2v) is 4.14. The number of aromatic nitrogens is 4. The molecule has 2 heterocycles. The molecule has 2 aromatic heterocycles. The molecule has 0 aromatic carbocycles. The fourth-order valence-electron chi connectivity index (χ4n) is 1.69. The summed E-state index contributed by atoms with van der Waals surface area (Å²) in [5.74, 6) is 0.130. The monoisotopic (exact) mass is 284 g/mol. The van der Waals surface area contributed by atoms with E-state index in [-0.39, 0.29) is 12.4 Å². The number of rotatable bonds is 4. The SMILES string of the molecule is Cc1c(CNc2cc(C(N)=O)n(C)n2)cnn1C.Cl. The summed E-state index contributed by atoms with van der Waals surface area (Å²) >= 11 is 0. The molecule has 8 heteroatoms. The Balaban J connectivity index is 0.00000180. The molecule has 0 saturated carbocycles. The highest BCUT2D eigenvalue weighted by molar-refractivity contribution is 5.91. The third-order valence-corrected chi connectivity index (χ3v) is 2.93. The molecule has 0 spiro atoms. The zero-order valence-corrected chi connectivity index (χ0v) is 11.9. The number of halogens is 1. The molecule has 2 rings (SSSR count). The van der Waals surface area contributed by atoms with E-state index in [0.29, 0.717) is 18.1 Å². The van der Waals surface area contributed by atoms with Crippen LogP contribution in [-0.4, -0.2) is 25.5 Å². The smallest absolute Gasteiger partial charge is 0.267 e. The van der Waals surface area contributed by atoms with Crippen molar-refractivity contribution in [3.8, 4) is 0 Å². The van der Waals surface area contributed by atoms with Gasteiger partial charge in [-0.2, -0.15) is 10.2 Å². The Morgan fingerprint density at radius 1 is 1.42 bits per heavy atom. The van der Waals surface area contributed by atoms with Crippen LogP contribution in [0.3, 0.4) is 0 Å². The third kappa shape index (κ3) is 3.05. The molecule has 0 bridgehead atoms. The van der Waals surface area contributed by atoms with E-state index in [0.717, 1.165) is 11.3 Å². The van der Waals surface area contributed by atoms with Crippen molar-refractivity contribution in [3.63, 3.8) is 0 Å². The predicted octanol–water partition coefficient (Wildman–Crippen LogP) is 0.595. The van der Waals surface area contributed by atoms with Crippen molar-refractivity contribution in [2.45, 2.75) is 13.5 Å². The van der Waals surface area contributed by atoms with Gasteiger partial charge < -0.3 is 11.1 Å². The van der Waals surface area contributed by atoms with Gasteiger partial charge in [0.25, 0.3) is 5.91 Å². The Kier molecular flexibility index (Phi) is 4.55. The standard InChI is InChI=1S/C11H16N6O.ClH/c1-7-8(6-14-16(7)2)5-13-10-4-9(11(12)18)17(3)15-10;/h4,6H,5H2,1-3H3,(H2,12,18)(H,13,15);1H. The van der Waals surface area contributed by atoms with Crippen molar-refractivity contribution < 1.29 is 4.79 Å². The van der Waals surface area contributed by atoms with E-state index in [1.165, 1.54) is 4.68 Å². The Hall–Kier alpha value is -2.02. The van der Waals surface area contributed by atoms with E-state index >= 15 is 0 Å². The number of hydrogen-bond donors (Lipinski definition) is 2. The molecule has 7 nitrogen and oxygen atoms in total. The van der Waals surface area contributed by atoms with E-state index < -0.39 is 5.91 Å². The highest BCUT2D eigenvalue weighted by Gasteiger charge is 2.10. The molecule has 0 aliphatic rings. The number of aryl methyl sites for hydroxylation is 2. The molecular formula is C11H17ClN6O. The van der Waals surface area contributed by atoms with Gasteiger partial charge in [-0.1, -0.05) is 0 Å². The molecule has 0 saturated heterocycles. The summed E-state index contributed by atoms with van der Waals surface area (Å²) < 4.78 is 3.27. The highest BCUT2D eigenvalue weighted by Crippen LogP contribution is 2.11. The molecule has 0 aliphatic heterocycles. The maximum Gasteiger partial charge on any atom is 0.267 e. The van der Waals surface area contributed by atoms with Gasteiger partial charge in [-0.3, -0.25) is 14.2 Å². The van der Waals surface area contributed by atoms with Gasteiger partial charge in [0.05, 0.1) is 6.20 Å². The van der Waals surface area contributed by atoms with Crippen LogP contribution in [0.25, 0.3) is 0 Å².